The van der Waals surface area contributed by atoms with Gasteiger partial charge in [-0.1, -0.05) is 36.4 Å². The first kappa shape index (κ1) is 18.7. The Balaban J connectivity index is 1.36. The van der Waals surface area contributed by atoms with Gasteiger partial charge in [0.15, 0.2) is 0 Å². The Morgan fingerprint density at radius 1 is 0.963 bits per heavy atom. The number of carbonyl (C=O) groups is 2. The van der Waals surface area contributed by atoms with Gasteiger partial charge in [0.1, 0.15) is 6.26 Å². The quantitative estimate of drug-likeness (QED) is 0.625. The van der Waals surface area contributed by atoms with Crippen LogP contribution in [0.4, 0.5) is 5.69 Å². The zero-order valence-electron chi connectivity index (χ0n) is 14.6. The highest BCUT2D eigenvalue weighted by Gasteiger charge is 2.09. The van der Waals surface area contributed by atoms with Crippen molar-refractivity contribution in [3.05, 3.63) is 72.6 Å². The van der Waals surface area contributed by atoms with Gasteiger partial charge in [-0.25, -0.2) is 4.98 Å². The summed E-state index contributed by atoms with van der Waals surface area (Å²) in [6.45, 7) is -0.0591. The minimum Gasteiger partial charge on any atom is -0.444 e. The molecule has 1 aromatic heterocycles. The number of nitrogens with zero attached hydrogens (tertiary/aromatic N) is 1. The van der Waals surface area contributed by atoms with Gasteiger partial charge in [0.25, 0.3) is 0 Å². The van der Waals surface area contributed by atoms with E-state index in [1.165, 1.54) is 11.8 Å². The molecule has 0 unspecified atom stereocenters. The fourth-order valence-electron chi connectivity index (χ4n) is 2.29. The van der Waals surface area contributed by atoms with Crippen LogP contribution in [-0.4, -0.2) is 29.1 Å². The second kappa shape index (κ2) is 9.59. The first-order chi connectivity index (χ1) is 13.2. The molecule has 3 aromatic rings. The van der Waals surface area contributed by atoms with E-state index in [1.807, 2.05) is 48.5 Å². The number of hydrogen-bond acceptors (Lipinski definition) is 5. The number of nitrogens with one attached hydrogen (secondary N) is 2. The summed E-state index contributed by atoms with van der Waals surface area (Å²) >= 11 is 1.41. The molecule has 2 N–H and O–H groups in total. The molecule has 1 heterocycles. The molecule has 2 aromatic carbocycles. The summed E-state index contributed by atoms with van der Waals surface area (Å²) < 4.78 is 5.47. The molecule has 0 saturated heterocycles. The van der Waals surface area contributed by atoms with Crippen molar-refractivity contribution in [2.24, 2.45) is 0 Å². The second-order valence-corrected chi connectivity index (χ2v) is 6.68. The molecule has 0 fully saturated rings. The number of para-hydroxylation sites is 1. The normalized spacial score (nSPS) is 10.4. The molecule has 0 aliphatic heterocycles. The highest BCUT2D eigenvalue weighted by Crippen LogP contribution is 2.20. The molecular formula is C20H19N3O3S. The zero-order chi connectivity index (χ0) is 18.9. The van der Waals surface area contributed by atoms with E-state index in [9.17, 15) is 9.59 Å². The number of rotatable bonds is 8. The minimum absolute atomic E-state index is 0.0591. The lowest BCUT2D eigenvalue weighted by molar-refractivity contribution is -0.122. The summed E-state index contributed by atoms with van der Waals surface area (Å²) in [7, 11) is 0. The molecule has 0 bridgehead atoms. The lowest BCUT2D eigenvalue weighted by Crippen LogP contribution is -2.33. The molecule has 0 spiro atoms. The maximum absolute atomic E-state index is 11.9. The fourth-order valence-corrected chi connectivity index (χ4v) is 3.02. The van der Waals surface area contributed by atoms with Gasteiger partial charge >= 0.3 is 0 Å². The van der Waals surface area contributed by atoms with Gasteiger partial charge in [-0.3, -0.25) is 9.59 Å². The van der Waals surface area contributed by atoms with Crippen molar-refractivity contribution in [3.63, 3.8) is 0 Å². The summed E-state index contributed by atoms with van der Waals surface area (Å²) in [5.41, 5.74) is 2.38. The SMILES string of the molecule is O=C(CSCc1coc(-c2ccccc2)n1)NCC(=O)Nc1ccccc1. The number of hydrogen-bond donors (Lipinski definition) is 2. The van der Waals surface area contributed by atoms with Crippen LogP contribution in [0.5, 0.6) is 0 Å². The fraction of sp³-hybridized carbons (Fsp3) is 0.150. The van der Waals surface area contributed by atoms with Crippen LogP contribution in [0.25, 0.3) is 11.5 Å². The van der Waals surface area contributed by atoms with E-state index >= 15 is 0 Å². The predicted octanol–water partition coefficient (Wildman–Crippen LogP) is 3.33. The molecule has 0 atom stereocenters. The second-order valence-electron chi connectivity index (χ2n) is 5.69. The Hall–Kier alpha value is -3.06. The monoisotopic (exact) mass is 381 g/mol. The van der Waals surface area contributed by atoms with Gasteiger partial charge in [0.05, 0.1) is 18.0 Å². The van der Waals surface area contributed by atoms with Crippen LogP contribution < -0.4 is 10.6 Å². The molecule has 0 radical (unpaired) electrons. The van der Waals surface area contributed by atoms with Crippen molar-refractivity contribution in [2.75, 3.05) is 17.6 Å². The van der Waals surface area contributed by atoms with E-state index in [1.54, 1.807) is 18.4 Å². The third-order valence-corrected chi connectivity index (χ3v) is 4.53. The van der Waals surface area contributed by atoms with Crippen LogP contribution in [-0.2, 0) is 15.3 Å². The Bertz CT molecular complexity index is 882. The topological polar surface area (TPSA) is 84.2 Å². The van der Waals surface area contributed by atoms with Gasteiger partial charge in [-0.05, 0) is 24.3 Å². The average molecular weight is 381 g/mol. The molecule has 0 aliphatic carbocycles. The Labute approximate surface area is 161 Å². The molecule has 7 heteroatoms. The van der Waals surface area contributed by atoms with Gasteiger partial charge in [-0.15, -0.1) is 11.8 Å². The smallest absolute Gasteiger partial charge is 0.243 e. The molecule has 3 rings (SSSR count). The van der Waals surface area contributed by atoms with Crippen molar-refractivity contribution in [1.29, 1.82) is 0 Å². The van der Waals surface area contributed by atoms with Crippen molar-refractivity contribution >= 4 is 29.3 Å². The van der Waals surface area contributed by atoms with Gasteiger partial charge in [0, 0.05) is 17.0 Å². The Morgan fingerprint density at radius 3 is 2.41 bits per heavy atom. The van der Waals surface area contributed by atoms with Crippen LogP contribution in [0.15, 0.2) is 71.3 Å². The number of amides is 2. The summed E-state index contributed by atoms with van der Waals surface area (Å²) in [5.74, 6) is 0.901. The highest BCUT2D eigenvalue weighted by molar-refractivity contribution is 7.99. The number of thioether (sulfide) groups is 1. The van der Waals surface area contributed by atoms with Crippen LogP contribution in [0.3, 0.4) is 0 Å². The lowest BCUT2D eigenvalue weighted by Gasteiger charge is -2.06. The highest BCUT2D eigenvalue weighted by atomic mass is 32.2. The summed E-state index contributed by atoms with van der Waals surface area (Å²) in [6.07, 6.45) is 1.60. The molecule has 27 heavy (non-hydrogen) atoms. The van der Waals surface area contributed by atoms with E-state index in [0.29, 0.717) is 17.3 Å². The number of carbonyl (C=O) groups excluding carboxylic acids is 2. The van der Waals surface area contributed by atoms with Gasteiger partial charge < -0.3 is 15.1 Å². The maximum Gasteiger partial charge on any atom is 0.243 e. The maximum atomic E-state index is 11.9. The standard InChI is InChI=1S/C20H19N3O3S/c24-18(22-16-9-5-2-6-10-16)11-21-19(25)14-27-13-17-12-26-20(23-17)15-7-3-1-4-8-15/h1-10,12H,11,13-14H2,(H,21,25)(H,22,24). The molecular weight excluding hydrogens is 362 g/mol. The van der Waals surface area contributed by atoms with E-state index in [0.717, 1.165) is 11.3 Å². The van der Waals surface area contributed by atoms with E-state index in [-0.39, 0.29) is 24.1 Å². The van der Waals surface area contributed by atoms with Crippen LogP contribution in [0.1, 0.15) is 5.69 Å². The molecule has 6 nitrogen and oxygen atoms in total. The first-order valence-corrected chi connectivity index (χ1v) is 9.55. The largest absolute Gasteiger partial charge is 0.444 e. The molecule has 2 amide bonds. The van der Waals surface area contributed by atoms with Crippen molar-refractivity contribution in [1.82, 2.24) is 10.3 Å². The summed E-state index contributed by atoms with van der Waals surface area (Å²) in [5, 5.41) is 5.32. The molecule has 138 valence electrons. The molecule has 0 saturated carbocycles. The van der Waals surface area contributed by atoms with E-state index in [2.05, 4.69) is 15.6 Å². The Kier molecular flexibility index (Phi) is 6.65. The van der Waals surface area contributed by atoms with Crippen molar-refractivity contribution in [2.45, 2.75) is 5.75 Å². The van der Waals surface area contributed by atoms with Gasteiger partial charge in [-0.2, -0.15) is 0 Å². The first-order valence-electron chi connectivity index (χ1n) is 8.40. The summed E-state index contributed by atoms with van der Waals surface area (Å²) in [4.78, 5) is 28.1. The van der Waals surface area contributed by atoms with Crippen LogP contribution in [0, 0.1) is 0 Å². The minimum atomic E-state index is -0.261. The van der Waals surface area contributed by atoms with Gasteiger partial charge in [0.2, 0.25) is 17.7 Å². The van der Waals surface area contributed by atoms with Crippen LogP contribution in [0.2, 0.25) is 0 Å². The number of aromatic nitrogens is 1. The molecule has 0 aliphatic rings. The number of oxazole rings is 1. The Morgan fingerprint density at radius 2 is 1.67 bits per heavy atom. The predicted molar refractivity (Wildman–Crippen MR) is 106 cm³/mol. The van der Waals surface area contributed by atoms with E-state index in [4.69, 9.17) is 4.42 Å². The summed E-state index contributed by atoms with van der Waals surface area (Å²) in [6, 6.07) is 18.7. The zero-order valence-corrected chi connectivity index (χ0v) is 15.4. The number of anilines is 1. The van der Waals surface area contributed by atoms with Crippen LogP contribution >= 0.6 is 11.8 Å². The lowest BCUT2D eigenvalue weighted by atomic mass is 10.2. The third kappa shape index (κ3) is 6.00. The number of benzene rings is 2. The third-order valence-electron chi connectivity index (χ3n) is 3.56. The van der Waals surface area contributed by atoms with Crippen molar-refractivity contribution in [3.8, 4) is 11.5 Å². The van der Waals surface area contributed by atoms with E-state index < -0.39 is 0 Å². The average Bonchev–Trinajstić information content (AvgIpc) is 3.17. The van der Waals surface area contributed by atoms with Crippen molar-refractivity contribution < 1.29 is 14.0 Å².